The Morgan fingerprint density at radius 3 is 2.95 bits per heavy atom. The second-order valence-corrected chi connectivity index (χ2v) is 4.32. The van der Waals surface area contributed by atoms with Crippen LogP contribution in [0.4, 0.5) is 0 Å². The maximum absolute atomic E-state index is 11.8. The van der Waals surface area contributed by atoms with E-state index in [4.69, 9.17) is 27.6 Å². The number of aromatic nitrogens is 2. The third-order valence-corrected chi connectivity index (χ3v) is 3.13. The molecule has 2 rings (SSSR count). The fourth-order valence-corrected chi connectivity index (χ4v) is 1.72. The molecule has 19 heavy (non-hydrogen) atoms. The summed E-state index contributed by atoms with van der Waals surface area (Å²) in [6.07, 6.45) is 2.58. The Kier molecular flexibility index (Phi) is 3.92. The molecule has 0 saturated carbocycles. The minimum absolute atomic E-state index is 0.0160. The Morgan fingerprint density at radius 1 is 1.53 bits per heavy atom. The second kappa shape index (κ2) is 5.46. The smallest absolute Gasteiger partial charge is 0.374 e. The van der Waals surface area contributed by atoms with E-state index in [9.17, 15) is 9.59 Å². The zero-order chi connectivity index (χ0) is 14.0. The van der Waals surface area contributed by atoms with Crippen LogP contribution in [-0.4, -0.2) is 22.9 Å². The first kappa shape index (κ1) is 13.6. The molecule has 0 unspecified atom stereocenters. The van der Waals surface area contributed by atoms with Crippen LogP contribution in [-0.2, 0) is 11.3 Å². The number of carbonyl (C=O) groups excluding carboxylic acids is 1. The van der Waals surface area contributed by atoms with Gasteiger partial charge in [-0.2, -0.15) is 5.10 Å². The Hall–Kier alpha value is -1.79. The van der Waals surface area contributed by atoms with Crippen LogP contribution in [0.2, 0.25) is 10.0 Å². The molecule has 2 aromatic rings. The lowest BCUT2D eigenvalue weighted by atomic mass is 10.2. The molecule has 0 aliphatic carbocycles. The average Bonchev–Trinajstić information content (AvgIpc) is 2.87. The van der Waals surface area contributed by atoms with E-state index in [1.807, 2.05) is 0 Å². The van der Waals surface area contributed by atoms with Crippen molar-refractivity contribution in [2.75, 3.05) is 7.11 Å². The van der Waals surface area contributed by atoms with Crippen molar-refractivity contribution in [3.8, 4) is 0 Å². The van der Waals surface area contributed by atoms with Gasteiger partial charge in [-0.1, -0.05) is 23.2 Å². The van der Waals surface area contributed by atoms with Gasteiger partial charge in [0.15, 0.2) is 0 Å². The van der Waals surface area contributed by atoms with E-state index in [1.54, 1.807) is 6.07 Å². The molecule has 0 N–H and O–H groups in total. The molecule has 0 bridgehead atoms. The number of halogens is 2. The molecule has 0 amide bonds. The molecule has 2 heterocycles. The topological polar surface area (TPSA) is 74.3 Å². The molecule has 100 valence electrons. The summed E-state index contributed by atoms with van der Waals surface area (Å²) in [6.45, 7) is 0.0245. The van der Waals surface area contributed by atoms with Gasteiger partial charge in [-0.3, -0.25) is 4.79 Å². The number of furan rings is 1. The van der Waals surface area contributed by atoms with Gasteiger partial charge < -0.3 is 9.15 Å². The van der Waals surface area contributed by atoms with Crippen molar-refractivity contribution in [1.29, 1.82) is 0 Å². The Balaban J connectivity index is 2.38. The van der Waals surface area contributed by atoms with Crippen molar-refractivity contribution >= 4 is 29.2 Å². The number of rotatable bonds is 3. The van der Waals surface area contributed by atoms with Crippen molar-refractivity contribution in [1.82, 2.24) is 9.78 Å². The van der Waals surface area contributed by atoms with Crippen molar-refractivity contribution < 1.29 is 13.9 Å². The quantitative estimate of drug-likeness (QED) is 0.811. The summed E-state index contributed by atoms with van der Waals surface area (Å²) < 4.78 is 10.6. The molecule has 0 aliphatic rings. The van der Waals surface area contributed by atoms with Crippen molar-refractivity contribution in [3.05, 3.63) is 50.2 Å². The zero-order valence-corrected chi connectivity index (χ0v) is 11.2. The van der Waals surface area contributed by atoms with Gasteiger partial charge in [-0.15, -0.1) is 0 Å². The molecule has 0 fully saturated rings. The van der Waals surface area contributed by atoms with Crippen LogP contribution in [0.5, 0.6) is 0 Å². The summed E-state index contributed by atoms with van der Waals surface area (Å²) in [5, 5.41) is 3.78. The number of ether oxygens (including phenoxy) is 1. The van der Waals surface area contributed by atoms with E-state index >= 15 is 0 Å². The number of nitrogens with zero attached hydrogens (tertiary/aromatic N) is 2. The Bertz CT molecular complexity index is 678. The number of hydrogen-bond donors (Lipinski definition) is 0. The predicted molar refractivity (Wildman–Crippen MR) is 67.7 cm³/mol. The maximum Gasteiger partial charge on any atom is 0.374 e. The highest BCUT2D eigenvalue weighted by atomic mass is 35.5. The molecule has 0 radical (unpaired) electrons. The number of hydrogen-bond acceptors (Lipinski definition) is 5. The maximum atomic E-state index is 11.8. The molecule has 0 aromatic carbocycles. The van der Waals surface area contributed by atoms with Crippen molar-refractivity contribution in [2.24, 2.45) is 0 Å². The normalized spacial score (nSPS) is 10.5. The van der Waals surface area contributed by atoms with Gasteiger partial charge in [0.2, 0.25) is 5.76 Å². The molecule has 0 aliphatic heterocycles. The van der Waals surface area contributed by atoms with Gasteiger partial charge in [0, 0.05) is 5.56 Å². The standard InChI is InChI=1S/C11H8Cl2N2O4/c1-18-11(17)9-6(2-3-19-9)5-15-10(16)8(13)7(12)4-14-15/h2-4H,5H2,1H3. The third kappa shape index (κ3) is 2.64. The largest absolute Gasteiger partial charge is 0.463 e. The van der Waals surface area contributed by atoms with E-state index in [0.29, 0.717) is 5.56 Å². The summed E-state index contributed by atoms with van der Waals surface area (Å²) in [4.78, 5) is 23.2. The molecular formula is C11H8Cl2N2O4. The first-order valence-electron chi connectivity index (χ1n) is 5.10. The molecular weight excluding hydrogens is 295 g/mol. The summed E-state index contributed by atoms with van der Waals surface area (Å²) in [6, 6.07) is 1.54. The van der Waals surface area contributed by atoms with E-state index < -0.39 is 11.5 Å². The third-order valence-electron chi connectivity index (χ3n) is 2.38. The lowest BCUT2D eigenvalue weighted by molar-refractivity contribution is 0.0563. The first-order chi connectivity index (χ1) is 9.04. The lowest BCUT2D eigenvalue weighted by Crippen LogP contribution is -2.24. The summed E-state index contributed by atoms with van der Waals surface area (Å²) >= 11 is 11.4. The van der Waals surface area contributed by atoms with Crippen LogP contribution in [0, 0.1) is 0 Å². The molecule has 2 aromatic heterocycles. The minimum Gasteiger partial charge on any atom is -0.463 e. The molecule has 0 spiro atoms. The van der Waals surface area contributed by atoms with Gasteiger partial charge in [0.1, 0.15) is 5.02 Å². The lowest BCUT2D eigenvalue weighted by Gasteiger charge is -2.05. The van der Waals surface area contributed by atoms with Crippen LogP contribution in [0.3, 0.4) is 0 Å². The number of methoxy groups -OCH3 is 1. The Labute approximate surface area is 117 Å². The summed E-state index contributed by atoms with van der Waals surface area (Å²) in [5.74, 6) is -0.615. The fourth-order valence-electron chi connectivity index (χ4n) is 1.45. The van der Waals surface area contributed by atoms with Gasteiger partial charge in [0.25, 0.3) is 5.56 Å². The van der Waals surface area contributed by atoms with E-state index in [1.165, 1.54) is 19.6 Å². The van der Waals surface area contributed by atoms with Crippen molar-refractivity contribution in [2.45, 2.75) is 6.54 Å². The van der Waals surface area contributed by atoms with E-state index in [0.717, 1.165) is 4.68 Å². The van der Waals surface area contributed by atoms with Crippen LogP contribution in [0.1, 0.15) is 16.1 Å². The molecule has 8 heteroatoms. The number of carbonyl (C=O) groups is 1. The summed E-state index contributed by atoms with van der Waals surface area (Å²) in [5.41, 5.74) is -0.0916. The van der Waals surface area contributed by atoms with Crippen LogP contribution < -0.4 is 5.56 Å². The fraction of sp³-hybridized carbons (Fsp3) is 0.182. The second-order valence-electron chi connectivity index (χ2n) is 3.54. The van der Waals surface area contributed by atoms with Crippen molar-refractivity contribution in [3.63, 3.8) is 0 Å². The van der Waals surface area contributed by atoms with Crippen LogP contribution in [0.25, 0.3) is 0 Å². The minimum atomic E-state index is -0.631. The van der Waals surface area contributed by atoms with Crippen LogP contribution in [0.15, 0.2) is 27.7 Å². The first-order valence-corrected chi connectivity index (χ1v) is 5.86. The van der Waals surface area contributed by atoms with E-state index in [2.05, 4.69) is 9.84 Å². The van der Waals surface area contributed by atoms with Gasteiger partial charge in [-0.05, 0) is 6.07 Å². The highest BCUT2D eigenvalue weighted by molar-refractivity contribution is 6.41. The molecule has 0 atom stereocenters. The van der Waals surface area contributed by atoms with Gasteiger partial charge >= 0.3 is 5.97 Å². The van der Waals surface area contributed by atoms with Crippen LogP contribution >= 0.6 is 23.2 Å². The predicted octanol–water partition coefficient (Wildman–Crippen LogP) is 1.98. The highest BCUT2D eigenvalue weighted by Gasteiger charge is 2.17. The highest BCUT2D eigenvalue weighted by Crippen LogP contribution is 2.16. The zero-order valence-electron chi connectivity index (χ0n) is 9.72. The summed E-state index contributed by atoms with van der Waals surface area (Å²) in [7, 11) is 1.23. The van der Waals surface area contributed by atoms with Gasteiger partial charge in [-0.25, -0.2) is 9.48 Å². The average molecular weight is 303 g/mol. The van der Waals surface area contributed by atoms with Gasteiger partial charge in [0.05, 0.1) is 31.1 Å². The monoisotopic (exact) mass is 302 g/mol. The SMILES string of the molecule is COC(=O)c1occc1Cn1ncc(Cl)c(Cl)c1=O. The van der Waals surface area contributed by atoms with E-state index in [-0.39, 0.29) is 22.4 Å². The number of esters is 1. The Morgan fingerprint density at radius 2 is 2.26 bits per heavy atom. The molecule has 0 saturated heterocycles. The molecule has 6 nitrogen and oxygen atoms in total.